The molecule has 0 radical (unpaired) electrons. The molecule has 26 heavy (non-hydrogen) atoms. The molecule has 3 aromatic rings. The van der Waals surface area contributed by atoms with E-state index in [2.05, 4.69) is 25.5 Å². The molecule has 2 N–H and O–H groups in total. The minimum absolute atomic E-state index is 0.0951. The van der Waals surface area contributed by atoms with Crippen molar-refractivity contribution < 1.29 is 13.2 Å². The van der Waals surface area contributed by atoms with Crippen LogP contribution in [0, 0.1) is 0 Å². The lowest BCUT2D eigenvalue weighted by atomic mass is 10.2. The summed E-state index contributed by atoms with van der Waals surface area (Å²) in [6, 6.07) is 4.89. The van der Waals surface area contributed by atoms with Gasteiger partial charge >= 0.3 is 0 Å². The number of benzene rings is 1. The zero-order valence-electron chi connectivity index (χ0n) is 14.2. The van der Waals surface area contributed by atoms with Crippen LogP contribution in [-0.2, 0) is 14.8 Å². The molecule has 0 atom stereocenters. The summed E-state index contributed by atoms with van der Waals surface area (Å²) < 4.78 is 27.3. The summed E-state index contributed by atoms with van der Waals surface area (Å²) in [4.78, 5) is 18.7. The number of aromatic amines is 1. The van der Waals surface area contributed by atoms with E-state index in [-0.39, 0.29) is 16.8 Å². The van der Waals surface area contributed by atoms with Crippen molar-refractivity contribution in [1.29, 1.82) is 0 Å². The minimum atomic E-state index is -3.53. The van der Waals surface area contributed by atoms with Crippen molar-refractivity contribution in [1.82, 2.24) is 24.5 Å². The SMILES string of the molecule is CC(=O)Nc1nnc2c(n1)[nH]c1ccc(S(=O)(=O)N3CCCCC3)cc12. The summed E-state index contributed by atoms with van der Waals surface area (Å²) in [6.07, 6.45) is 2.83. The fourth-order valence-corrected chi connectivity index (χ4v) is 4.72. The molecule has 0 aliphatic carbocycles. The average Bonchev–Trinajstić information content (AvgIpc) is 2.98. The molecule has 9 nitrogen and oxygen atoms in total. The Balaban J connectivity index is 1.79. The summed E-state index contributed by atoms with van der Waals surface area (Å²) in [7, 11) is -3.53. The fourth-order valence-electron chi connectivity index (χ4n) is 3.18. The quantitative estimate of drug-likeness (QED) is 0.719. The molecule has 0 bridgehead atoms. The number of piperidine rings is 1. The van der Waals surface area contributed by atoms with E-state index >= 15 is 0 Å². The molecule has 1 saturated heterocycles. The molecule has 0 saturated carbocycles. The van der Waals surface area contributed by atoms with Crippen molar-refractivity contribution >= 4 is 43.9 Å². The number of aromatic nitrogens is 4. The van der Waals surface area contributed by atoms with Crippen LogP contribution in [0.25, 0.3) is 22.1 Å². The lowest BCUT2D eigenvalue weighted by molar-refractivity contribution is -0.114. The summed E-state index contributed by atoms with van der Waals surface area (Å²) in [5, 5.41) is 11.1. The van der Waals surface area contributed by atoms with E-state index in [1.54, 1.807) is 18.2 Å². The van der Waals surface area contributed by atoms with Crippen molar-refractivity contribution in [2.24, 2.45) is 0 Å². The van der Waals surface area contributed by atoms with Crippen molar-refractivity contribution in [2.45, 2.75) is 31.1 Å². The topological polar surface area (TPSA) is 121 Å². The molecule has 0 spiro atoms. The zero-order valence-corrected chi connectivity index (χ0v) is 15.0. The summed E-state index contributed by atoms with van der Waals surface area (Å²) >= 11 is 0. The Hall–Kier alpha value is -2.59. The second kappa shape index (κ2) is 6.29. The second-order valence-electron chi connectivity index (χ2n) is 6.31. The van der Waals surface area contributed by atoms with Gasteiger partial charge in [-0.3, -0.25) is 10.1 Å². The molecule has 0 unspecified atom stereocenters. The first-order valence-corrected chi connectivity index (χ1v) is 9.83. The van der Waals surface area contributed by atoms with Gasteiger partial charge in [-0.1, -0.05) is 6.42 Å². The van der Waals surface area contributed by atoms with Crippen molar-refractivity contribution in [3.8, 4) is 0 Å². The number of carbonyl (C=O) groups excluding carboxylic acids is 1. The molecule has 4 rings (SSSR count). The number of anilines is 1. The molecule has 2 aromatic heterocycles. The van der Waals surface area contributed by atoms with Crippen LogP contribution in [0.3, 0.4) is 0 Å². The Morgan fingerprint density at radius 3 is 2.69 bits per heavy atom. The van der Waals surface area contributed by atoms with Crippen LogP contribution in [0.5, 0.6) is 0 Å². The summed E-state index contributed by atoms with van der Waals surface area (Å²) in [5.74, 6) is -0.199. The van der Waals surface area contributed by atoms with E-state index in [0.717, 1.165) is 19.3 Å². The van der Waals surface area contributed by atoms with Gasteiger partial charge in [0, 0.05) is 30.9 Å². The van der Waals surface area contributed by atoms with E-state index in [9.17, 15) is 13.2 Å². The average molecular weight is 374 g/mol. The van der Waals surface area contributed by atoms with E-state index in [1.165, 1.54) is 11.2 Å². The van der Waals surface area contributed by atoms with Gasteiger partial charge in [-0.2, -0.15) is 9.29 Å². The maximum atomic E-state index is 12.9. The van der Waals surface area contributed by atoms with Crippen LogP contribution in [0.2, 0.25) is 0 Å². The zero-order chi connectivity index (χ0) is 18.3. The molecular formula is C16H18N6O3S. The highest BCUT2D eigenvalue weighted by Crippen LogP contribution is 2.28. The van der Waals surface area contributed by atoms with Crippen LogP contribution >= 0.6 is 0 Å². The first-order chi connectivity index (χ1) is 12.4. The molecule has 1 aliphatic rings. The van der Waals surface area contributed by atoms with Gasteiger partial charge in [0.2, 0.25) is 15.9 Å². The third kappa shape index (κ3) is 2.90. The Morgan fingerprint density at radius 1 is 1.19 bits per heavy atom. The van der Waals surface area contributed by atoms with Crippen LogP contribution in [-0.4, -0.2) is 51.9 Å². The Kier molecular flexibility index (Phi) is 4.08. The number of nitrogens with zero attached hydrogens (tertiary/aromatic N) is 4. The monoisotopic (exact) mass is 374 g/mol. The maximum Gasteiger partial charge on any atom is 0.251 e. The van der Waals surface area contributed by atoms with Crippen molar-refractivity contribution in [3.05, 3.63) is 18.2 Å². The van der Waals surface area contributed by atoms with Gasteiger partial charge in [-0.15, -0.1) is 10.2 Å². The fraction of sp³-hybridized carbons (Fsp3) is 0.375. The van der Waals surface area contributed by atoms with Crippen LogP contribution in [0.15, 0.2) is 23.1 Å². The molecule has 1 fully saturated rings. The Morgan fingerprint density at radius 2 is 1.96 bits per heavy atom. The standard InChI is InChI=1S/C16H18N6O3S/c1-10(23)17-16-19-15-14(20-21-16)12-9-11(5-6-13(12)18-15)26(24,25)22-7-3-2-4-8-22/h5-6,9H,2-4,7-8H2,1H3,(H2,17,18,19,21,23). The van der Waals surface area contributed by atoms with Gasteiger partial charge < -0.3 is 4.98 Å². The van der Waals surface area contributed by atoms with Crippen LogP contribution in [0.1, 0.15) is 26.2 Å². The number of sulfonamides is 1. The molecule has 1 aliphatic heterocycles. The highest BCUT2D eigenvalue weighted by atomic mass is 32.2. The highest BCUT2D eigenvalue weighted by molar-refractivity contribution is 7.89. The smallest absolute Gasteiger partial charge is 0.251 e. The van der Waals surface area contributed by atoms with E-state index in [0.29, 0.717) is 35.2 Å². The number of H-pyrrole nitrogens is 1. The molecule has 136 valence electrons. The second-order valence-corrected chi connectivity index (χ2v) is 8.25. The lowest BCUT2D eigenvalue weighted by Crippen LogP contribution is -2.35. The Labute approximate surface area is 149 Å². The van der Waals surface area contributed by atoms with E-state index in [1.807, 2.05) is 0 Å². The third-order valence-electron chi connectivity index (χ3n) is 4.43. The van der Waals surface area contributed by atoms with Gasteiger partial charge in [0.25, 0.3) is 5.95 Å². The number of hydrogen-bond donors (Lipinski definition) is 2. The molecule has 3 heterocycles. The van der Waals surface area contributed by atoms with Crippen molar-refractivity contribution in [3.63, 3.8) is 0 Å². The van der Waals surface area contributed by atoms with Gasteiger partial charge in [0.05, 0.1) is 4.90 Å². The predicted molar refractivity (Wildman–Crippen MR) is 96.1 cm³/mol. The molecule has 10 heteroatoms. The normalized spacial score (nSPS) is 16.2. The Bertz CT molecular complexity index is 1100. The van der Waals surface area contributed by atoms with Crippen LogP contribution < -0.4 is 5.32 Å². The largest absolute Gasteiger partial charge is 0.338 e. The van der Waals surface area contributed by atoms with Gasteiger partial charge in [0.15, 0.2) is 5.65 Å². The first kappa shape index (κ1) is 16.9. The maximum absolute atomic E-state index is 12.9. The number of nitrogens with one attached hydrogen (secondary N) is 2. The number of rotatable bonds is 3. The van der Waals surface area contributed by atoms with E-state index < -0.39 is 10.0 Å². The number of fused-ring (bicyclic) bond motifs is 3. The molecule has 1 aromatic carbocycles. The predicted octanol–water partition coefficient (Wildman–Crippen LogP) is 1.64. The first-order valence-electron chi connectivity index (χ1n) is 8.39. The van der Waals surface area contributed by atoms with Gasteiger partial charge in [-0.05, 0) is 31.0 Å². The number of amides is 1. The molecular weight excluding hydrogens is 356 g/mol. The van der Waals surface area contributed by atoms with Crippen LogP contribution in [0.4, 0.5) is 5.95 Å². The number of carbonyl (C=O) groups is 1. The highest BCUT2D eigenvalue weighted by Gasteiger charge is 2.26. The summed E-state index contributed by atoms with van der Waals surface area (Å²) in [6.45, 7) is 2.46. The molecule has 1 amide bonds. The van der Waals surface area contributed by atoms with E-state index in [4.69, 9.17) is 0 Å². The number of hydrogen-bond acceptors (Lipinski definition) is 6. The lowest BCUT2D eigenvalue weighted by Gasteiger charge is -2.25. The third-order valence-corrected chi connectivity index (χ3v) is 6.32. The van der Waals surface area contributed by atoms with Gasteiger partial charge in [-0.25, -0.2) is 8.42 Å². The van der Waals surface area contributed by atoms with Gasteiger partial charge in [0.1, 0.15) is 5.52 Å². The minimum Gasteiger partial charge on any atom is -0.338 e. The summed E-state index contributed by atoms with van der Waals surface area (Å²) in [5.41, 5.74) is 1.61. The van der Waals surface area contributed by atoms with Crippen molar-refractivity contribution in [2.75, 3.05) is 18.4 Å².